The van der Waals surface area contributed by atoms with Gasteiger partial charge in [-0.05, 0) is 72.8 Å². The van der Waals surface area contributed by atoms with Crippen LogP contribution in [0.2, 0.25) is 5.02 Å². The number of piperidine rings is 1. The maximum Gasteiger partial charge on any atom is 0.229 e. The highest BCUT2D eigenvalue weighted by molar-refractivity contribution is 14.1. The summed E-state index contributed by atoms with van der Waals surface area (Å²) >= 11 is 8.65. The molecule has 1 aromatic heterocycles. The molecule has 0 spiro atoms. The van der Waals surface area contributed by atoms with Crippen molar-refractivity contribution < 1.29 is 4.74 Å². The lowest BCUT2D eigenvalue weighted by Gasteiger charge is -2.42. The molecule has 0 atom stereocenters. The molecular formula is C27H33ClIN7O. The first-order valence-electron chi connectivity index (χ1n) is 12.7. The summed E-state index contributed by atoms with van der Waals surface area (Å²) in [6.45, 7) is 6.83. The van der Waals surface area contributed by atoms with E-state index in [4.69, 9.17) is 16.3 Å². The first kappa shape index (κ1) is 26.3. The minimum Gasteiger partial charge on any atom is -0.494 e. The molecule has 2 fully saturated rings. The van der Waals surface area contributed by atoms with Crippen LogP contribution in [0.25, 0.3) is 0 Å². The van der Waals surface area contributed by atoms with E-state index in [9.17, 15) is 0 Å². The fourth-order valence-electron chi connectivity index (χ4n) is 4.99. The molecule has 196 valence electrons. The Bertz CT molecular complexity index is 1210. The molecule has 5 rings (SSSR count). The Morgan fingerprint density at radius 2 is 1.78 bits per heavy atom. The molecule has 37 heavy (non-hydrogen) atoms. The van der Waals surface area contributed by atoms with Crippen molar-refractivity contribution in [2.24, 2.45) is 0 Å². The molecule has 8 nitrogen and oxygen atoms in total. The number of likely N-dealkylation sites (N-methyl/N-ethyl adjacent to an activating group) is 1. The number of aromatic nitrogens is 2. The summed E-state index contributed by atoms with van der Waals surface area (Å²) in [6.07, 6.45) is 3.99. The first-order chi connectivity index (χ1) is 18.0. The standard InChI is InChI=1S/C27H33ClIN7O/c1-34-12-14-36(15-13-34)21-8-10-35(11-9-21)22-6-7-24(25(17-22)37-2)32-27-30-18-23(28)26(33-27)31-20-5-3-4-19(29)16-20/h3-7,16-18,21H,8-15H2,1-2H3,(H2,30,31,32,33). The van der Waals surface area contributed by atoms with Gasteiger partial charge in [0.25, 0.3) is 0 Å². The van der Waals surface area contributed by atoms with Gasteiger partial charge in [0.15, 0.2) is 5.82 Å². The Balaban J connectivity index is 1.24. The van der Waals surface area contributed by atoms with E-state index in [1.54, 1.807) is 13.3 Å². The van der Waals surface area contributed by atoms with E-state index in [-0.39, 0.29) is 0 Å². The monoisotopic (exact) mass is 633 g/mol. The maximum atomic E-state index is 6.37. The van der Waals surface area contributed by atoms with Crippen LogP contribution in [0.1, 0.15) is 12.8 Å². The summed E-state index contributed by atoms with van der Waals surface area (Å²) in [5, 5.41) is 7.02. The molecular weight excluding hydrogens is 601 g/mol. The zero-order valence-electron chi connectivity index (χ0n) is 21.3. The number of rotatable bonds is 7. The molecule has 2 aromatic carbocycles. The summed E-state index contributed by atoms with van der Waals surface area (Å²) in [6, 6.07) is 15.0. The Kier molecular flexibility index (Phi) is 8.53. The average Bonchev–Trinajstić information content (AvgIpc) is 2.91. The number of nitrogens with one attached hydrogen (secondary N) is 2. The minimum absolute atomic E-state index is 0.441. The molecule has 0 amide bonds. The average molecular weight is 634 g/mol. The summed E-state index contributed by atoms with van der Waals surface area (Å²) in [7, 11) is 3.91. The predicted octanol–water partition coefficient (Wildman–Crippen LogP) is 5.45. The van der Waals surface area contributed by atoms with Crippen molar-refractivity contribution in [3.05, 3.63) is 57.3 Å². The van der Waals surface area contributed by atoms with Gasteiger partial charge in [0.05, 0.1) is 19.0 Å². The van der Waals surface area contributed by atoms with Crippen LogP contribution in [0, 0.1) is 3.57 Å². The first-order valence-corrected chi connectivity index (χ1v) is 14.1. The summed E-state index contributed by atoms with van der Waals surface area (Å²) in [4.78, 5) is 16.5. The third-order valence-corrected chi connectivity index (χ3v) is 8.09. The van der Waals surface area contributed by atoms with Crippen molar-refractivity contribution in [1.29, 1.82) is 0 Å². The SMILES string of the molecule is COc1cc(N2CCC(N3CCN(C)CC3)CC2)ccc1Nc1ncc(Cl)c(Nc2cccc(I)c2)n1. The molecule has 2 saturated heterocycles. The maximum absolute atomic E-state index is 6.37. The largest absolute Gasteiger partial charge is 0.494 e. The van der Waals surface area contributed by atoms with Crippen molar-refractivity contribution in [2.45, 2.75) is 18.9 Å². The van der Waals surface area contributed by atoms with Gasteiger partial charge in [-0.15, -0.1) is 0 Å². The molecule has 10 heteroatoms. The van der Waals surface area contributed by atoms with Crippen LogP contribution in [0.15, 0.2) is 48.7 Å². The van der Waals surface area contributed by atoms with E-state index in [2.05, 4.69) is 77.1 Å². The lowest BCUT2D eigenvalue weighted by Crippen LogP contribution is -2.52. The second-order valence-electron chi connectivity index (χ2n) is 9.59. The lowest BCUT2D eigenvalue weighted by molar-refractivity contribution is 0.0982. The van der Waals surface area contributed by atoms with Gasteiger partial charge in [-0.25, -0.2) is 4.98 Å². The molecule has 2 aliphatic heterocycles. The quantitative estimate of drug-likeness (QED) is 0.333. The van der Waals surface area contributed by atoms with Crippen LogP contribution in [0.5, 0.6) is 5.75 Å². The number of halogens is 2. The zero-order valence-corrected chi connectivity index (χ0v) is 24.2. The number of ether oxygens (including phenoxy) is 1. The highest BCUT2D eigenvalue weighted by atomic mass is 127. The van der Waals surface area contributed by atoms with E-state index in [0.717, 1.165) is 33.8 Å². The molecule has 3 heterocycles. The number of methoxy groups -OCH3 is 1. The van der Waals surface area contributed by atoms with Crippen LogP contribution >= 0.6 is 34.2 Å². The summed E-state index contributed by atoms with van der Waals surface area (Å²) in [5.41, 5.74) is 2.90. The minimum atomic E-state index is 0.441. The smallest absolute Gasteiger partial charge is 0.229 e. The predicted molar refractivity (Wildman–Crippen MR) is 160 cm³/mol. The van der Waals surface area contributed by atoms with Gasteiger partial charge in [0, 0.05) is 66.3 Å². The van der Waals surface area contributed by atoms with E-state index < -0.39 is 0 Å². The molecule has 0 aliphatic carbocycles. The number of anilines is 5. The van der Waals surface area contributed by atoms with Crippen molar-refractivity contribution >= 4 is 63.0 Å². The zero-order chi connectivity index (χ0) is 25.8. The number of benzene rings is 2. The highest BCUT2D eigenvalue weighted by Gasteiger charge is 2.27. The number of nitrogens with zero attached hydrogens (tertiary/aromatic N) is 5. The van der Waals surface area contributed by atoms with Gasteiger partial charge in [-0.2, -0.15) is 4.98 Å². The van der Waals surface area contributed by atoms with E-state index in [1.165, 1.54) is 44.7 Å². The third kappa shape index (κ3) is 6.57. The van der Waals surface area contributed by atoms with E-state index in [0.29, 0.717) is 22.8 Å². The topological polar surface area (TPSA) is 68.8 Å². The molecule has 2 aliphatic rings. The van der Waals surface area contributed by atoms with Crippen molar-refractivity contribution in [3.63, 3.8) is 0 Å². The Labute approximate surface area is 237 Å². The molecule has 0 bridgehead atoms. The molecule has 0 saturated carbocycles. The van der Waals surface area contributed by atoms with Crippen LogP contribution in [-0.4, -0.2) is 79.2 Å². The van der Waals surface area contributed by atoms with Crippen LogP contribution in [0.3, 0.4) is 0 Å². The Morgan fingerprint density at radius 3 is 2.51 bits per heavy atom. The van der Waals surface area contributed by atoms with Gasteiger partial charge >= 0.3 is 0 Å². The molecule has 0 radical (unpaired) electrons. The van der Waals surface area contributed by atoms with Crippen LogP contribution < -0.4 is 20.3 Å². The summed E-state index contributed by atoms with van der Waals surface area (Å²) in [5.74, 6) is 1.74. The fraction of sp³-hybridized carbons (Fsp3) is 0.407. The lowest BCUT2D eigenvalue weighted by atomic mass is 10.0. The van der Waals surface area contributed by atoms with Gasteiger partial charge in [-0.3, -0.25) is 4.90 Å². The highest BCUT2D eigenvalue weighted by Crippen LogP contribution is 2.34. The fourth-order valence-corrected chi connectivity index (χ4v) is 5.68. The van der Waals surface area contributed by atoms with E-state index >= 15 is 0 Å². The molecule has 0 unspecified atom stereocenters. The van der Waals surface area contributed by atoms with Gasteiger partial charge in [0.1, 0.15) is 10.8 Å². The van der Waals surface area contributed by atoms with Crippen LogP contribution in [0.4, 0.5) is 28.8 Å². The van der Waals surface area contributed by atoms with Gasteiger partial charge in [0.2, 0.25) is 5.95 Å². The van der Waals surface area contributed by atoms with Crippen molar-refractivity contribution in [3.8, 4) is 5.75 Å². The molecule has 2 N–H and O–H groups in total. The number of hydrogen-bond donors (Lipinski definition) is 2. The Hall–Kier alpha value is -2.34. The van der Waals surface area contributed by atoms with Gasteiger partial charge in [-0.1, -0.05) is 17.7 Å². The second-order valence-corrected chi connectivity index (χ2v) is 11.2. The van der Waals surface area contributed by atoms with E-state index in [1.807, 2.05) is 30.3 Å². The normalized spacial score (nSPS) is 17.6. The van der Waals surface area contributed by atoms with Crippen molar-refractivity contribution in [1.82, 2.24) is 19.8 Å². The number of hydrogen-bond acceptors (Lipinski definition) is 8. The third-order valence-electron chi connectivity index (χ3n) is 7.15. The van der Waals surface area contributed by atoms with Crippen LogP contribution in [-0.2, 0) is 0 Å². The number of piperazine rings is 1. The second kappa shape index (κ2) is 12.0. The van der Waals surface area contributed by atoms with Crippen molar-refractivity contribution in [2.75, 3.05) is 69.0 Å². The summed E-state index contributed by atoms with van der Waals surface area (Å²) < 4.78 is 6.86. The Morgan fingerprint density at radius 1 is 1.00 bits per heavy atom. The van der Waals surface area contributed by atoms with Gasteiger partial charge < -0.3 is 25.2 Å². The molecule has 3 aromatic rings.